The van der Waals surface area contributed by atoms with Gasteiger partial charge >= 0.3 is 0 Å². The first-order valence-electron chi connectivity index (χ1n) is 8.63. The number of Topliss-reactive ketones (excluding diaryl/α,β-unsaturated/α-hetero) is 1. The number of aromatic nitrogens is 2. The predicted molar refractivity (Wildman–Crippen MR) is 102 cm³/mol. The van der Waals surface area contributed by atoms with Gasteiger partial charge in [-0.05, 0) is 70.2 Å². The van der Waals surface area contributed by atoms with Gasteiger partial charge in [-0.25, -0.2) is 4.98 Å². The molecule has 4 nitrogen and oxygen atoms in total. The van der Waals surface area contributed by atoms with Crippen LogP contribution in [-0.4, -0.2) is 22.0 Å². The molecular weight excluding hydrogens is 312 g/mol. The van der Waals surface area contributed by atoms with Crippen LogP contribution in [0.3, 0.4) is 0 Å². The zero-order chi connectivity index (χ0) is 18.6. The SMILES string of the molecule is CC(C)=C(C)C(=O)/C(CCCc1nc2cccc(C)c2[nH]1)=C(/C)C=O. The summed E-state index contributed by atoms with van der Waals surface area (Å²) in [5, 5.41) is 0. The molecule has 0 saturated heterocycles. The van der Waals surface area contributed by atoms with Gasteiger partial charge in [-0.1, -0.05) is 17.7 Å². The van der Waals surface area contributed by atoms with E-state index in [1.807, 2.05) is 32.9 Å². The molecule has 0 atom stereocenters. The molecule has 0 amide bonds. The first kappa shape index (κ1) is 18.8. The highest BCUT2D eigenvalue weighted by molar-refractivity contribution is 6.10. The number of H-pyrrole nitrogens is 1. The highest BCUT2D eigenvalue weighted by Crippen LogP contribution is 2.20. The maximum atomic E-state index is 12.6. The van der Waals surface area contributed by atoms with Crippen LogP contribution >= 0.6 is 0 Å². The van der Waals surface area contributed by atoms with Crippen molar-refractivity contribution in [3.8, 4) is 0 Å². The third-order valence-corrected chi connectivity index (χ3v) is 4.63. The molecule has 0 aliphatic heterocycles. The summed E-state index contributed by atoms with van der Waals surface area (Å²) in [5.41, 5.74) is 6.03. The fourth-order valence-electron chi connectivity index (χ4n) is 2.79. The number of aryl methyl sites for hydroxylation is 2. The van der Waals surface area contributed by atoms with Gasteiger partial charge in [0, 0.05) is 12.0 Å². The number of carbonyl (C=O) groups is 2. The normalized spacial score (nSPS) is 12.0. The number of benzene rings is 1. The summed E-state index contributed by atoms with van der Waals surface area (Å²) in [4.78, 5) is 31.8. The van der Waals surface area contributed by atoms with Crippen LogP contribution in [0.5, 0.6) is 0 Å². The molecule has 1 aromatic heterocycles. The van der Waals surface area contributed by atoms with E-state index in [1.165, 1.54) is 5.56 Å². The number of nitrogens with zero attached hydrogens (tertiary/aromatic N) is 1. The van der Waals surface area contributed by atoms with Crippen LogP contribution in [0.1, 0.15) is 51.9 Å². The summed E-state index contributed by atoms with van der Waals surface area (Å²) >= 11 is 0. The zero-order valence-electron chi connectivity index (χ0n) is 15.7. The van der Waals surface area contributed by atoms with Gasteiger partial charge in [0.05, 0.1) is 11.0 Å². The Hall–Kier alpha value is -2.49. The molecule has 132 valence electrons. The van der Waals surface area contributed by atoms with Gasteiger partial charge in [-0.2, -0.15) is 0 Å². The Morgan fingerprint density at radius 2 is 1.92 bits per heavy atom. The number of aromatic amines is 1. The first-order chi connectivity index (χ1) is 11.8. The predicted octanol–water partition coefficient (Wildman–Crippen LogP) is 4.63. The van der Waals surface area contributed by atoms with Crippen molar-refractivity contribution in [1.82, 2.24) is 9.97 Å². The number of allylic oxidation sites excluding steroid dienone is 4. The number of hydrogen-bond acceptors (Lipinski definition) is 3. The number of carbonyl (C=O) groups excluding carboxylic acids is 2. The van der Waals surface area contributed by atoms with Crippen molar-refractivity contribution in [2.75, 3.05) is 0 Å². The van der Waals surface area contributed by atoms with Crippen LogP contribution in [-0.2, 0) is 16.0 Å². The van der Waals surface area contributed by atoms with E-state index in [2.05, 4.69) is 23.0 Å². The molecule has 4 heteroatoms. The number of rotatable bonds is 7. The molecule has 2 aromatic rings. The average molecular weight is 338 g/mol. The van der Waals surface area contributed by atoms with E-state index in [-0.39, 0.29) is 5.78 Å². The van der Waals surface area contributed by atoms with E-state index in [4.69, 9.17) is 0 Å². The standard InChI is InChI=1S/C21H26N2O2/c1-13(2)16(5)21(25)17(15(4)12-24)9-7-11-19-22-18-10-6-8-14(3)20(18)23-19/h6,8,10,12H,7,9,11H2,1-5H3,(H,22,23)/b17-15-. The molecule has 1 heterocycles. The van der Waals surface area contributed by atoms with E-state index in [0.29, 0.717) is 17.6 Å². The lowest BCUT2D eigenvalue weighted by Gasteiger charge is -2.10. The Morgan fingerprint density at radius 1 is 1.20 bits per heavy atom. The molecule has 1 aromatic carbocycles. The topological polar surface area (TPSA) is 62.8 Å². The van der Waals surface area contributed by atoms with Crippen LogP contribution in [0, 0.1) is 6.92 Å². The zero-order valence-corrected chi connectivity index (χ0v) is 15.7. The second-order valence-corrected chi connectivity index (χ2v) is 6.74. The highest BCUT2D eigenvalue weighted by atomic mass is 16.1. The average Bonchev–Trinajstić information content (AvgIpc) is 3.01. The Labute approximate surface area is 149 Å². The molecular formula is C21H26N2O2. The fraction of sp³-hybridized carbons (Fsp3) is 0.381. The summed E-state index contributed by atoms with van der Waals surface area (Å²) < 4.78 is 0. The van der Waals surface area contributed by atoms with E-state index >= 15 is 0 Å². The van der Waals surface area contributed by atoms with Gasteiger partial charge in [-0.15, -0.1) is 0 Å². The van der Waals surface area contributed by atoms with Crippen molar-refractivity contribution in [3.05, 3.63) is 51.9 Å². The Balaban J connectivity index is 2.13. The molecule has 0 aliphatic carbocycles. The molecule has 0 bridgehead atoms. The quantitative estimate of drug-likeness (QED) is 0.591. The van der Waals surface area contributed by atoms with Gasteiger partial charge in [0.15, 0.2) is 5.78 Å². The van der Waals surface area contributed by atoms with Gasteiger partial charge in [0.1, 0.15) is 12.1 Å². The lowest BCUT2D eigenvalue weighted by molar-refractivity contribution is -0.113. The van der Waals surface area contributed by atoms with Crippen LogP contribution in [0.2, 0.25) is 0 Å². The van der Waals surface area contributed by atoms with E-state index in [9.17, 15) is 9.59 Å². The van der Waals surface area contributed by atoms with Crippen molar-refractivity contribution in [2.24, 2.45) is 0 Å². The molecule has 0 saturated carbocycles. The lowest BCUT2D eigenvalue weighted by atomic mass is 9.93. The largest absolute Gasteiger partial charge is 0.342 e. The fourth-order valence-corrected chi connectivity index (χ4v) is 2.79. The molecule has 0 radical (unpaired) electrons. The van der Waals surface area contributed by atoms with Gasteiger partial charge < -0.3 is 4.98 Å². The number of fused-ring (bicyclic) bond motifs is 1. The third kappa shape index (κ3) is 4.32. The van der Waals surface area contributed by atoms with Crippen molar-refractivity contribution in [2.45, 2.75) is 53.9 Å². The summed E-state index contributed by atoms with van der Waals surface area (Å²) in [6.45, 7) is 9.41. The smallest absolute Gasteiger partial charge is 0.185 e. The van der Waals surface area contributed by atoms with E-state index in [0.717, 1.165) is 47.1 Å². The summed E-state index contributed by atoms with van der Waals surface area (Å²) in [6.07, 6.45) is 2.85. The second kappa shape index (κ2) is 8.06. The minimum Gasteiger partial charge on any atom is -0.342 e. The maximum absolute atomic E-state index is 12.6. The van der Waals surface area contributed by atoms with Crippen molar-refractivity contribution >= 4 is 23.1 Å². The molecule has 0 spiro atoms. The van der Waals surface area contributed by atoms with Gasteiger partial charge in [-0.3, -0.25) is 9.59 Å². The van der Waals surface area contributed by atoms with Crippen LogP contribution in [0.25, 0.3) is 11.0 Å². The molecule has 0 unspecified atom stereocenters. The molecule has 1 N–H and O–H groups in total. The van der Waals surface area contributed by atoms with E-state index < -0.39 is 0 Å². The van der Waals surface area contributed by atoms with Crippen molar-refractivity contribution in [1.29, 1.82) is 0 Å². The monoisotopic (exact) mass is 338 g/mol. The van der Waals surface area contributed by atoms with Crippen molar-refractivity contribution in [3.63, 3.8) is 0 Å². The minimum atomic E-state index is -0.0231. The third-order valence-electron chi connectivity index (χ3n) is 4.63. The second-order valence-electron chi connectivity index (χ2n) is 6.74. The summed E-state index contributed by atoms with van der Waals surface area (Å²) in [5.74, 6) is 0.892. The summed E-state index contributed by atoms with van der Waals surface area (Å²) in [7, 11) is 0. The number of aldehydes is 1. The Kier molecular flexibility index (Phi) is 6.07. The highest BCUT2D eigenvalue weighted by Gasteiger charge is 2.16. The summed E-state index contributed by atoms with van der Waals surface area (Å²) in [6, 6.07) is 6.04. The first-order valence-corrected chi connectivity index (χ1v) is 8.63. The van der Waals surface area contributed by atoms with Crippen LogP contribution in [0.4, 0.5) is 0 Å². The molecule has 25 heavy (non-hydrogen) atoms. The number of para-hydroxylation sites is 1. The number of hydrogen-bond donors (Lipinski definition) is 1. The van der Waals surface area contributed by atoms with Gasteiger partial charge in [0.2, 0.25) is 0 Å². The van der Waals surface area contributed by atoms with Gasteiger partial charge in [0.25, 0.3) is 0 Å². The lowest BCUT2D eigenvalue weighted by Crippen LogP contribution is -2.09. The number of ketones is 1. The minimum absolute atomic E-state index is 0.0231. The van der Waals surface area contributed by atoms with E-state index in [1.54, 1.807) is 6.92 Å². The molecule has 2 rings (SSSR count). The van der Waals surface area contributed by atoms with Crippen LogP contribution in [0.15, 0.2) is 40.5 Å². The molecule has 0 fully saturated rings. The number of nitrogens with one attached hydrogen (secondary N) is 1. The number of imidazole rings is 1. The van der Waals surface area contributed by atoms with Crippen LogP contribution < -0.4 is 0 Å². The Bertz CT molecular complexity index is 865. The molecule has 0 aliphatic rings. The Morgan fingerprint density at radius 3 is 2.52 bits per heavy atom. The maximum Gasteiger partial charge on any atom is 0.185 e. The van der Waals surface area contributed by atoms with Crippen molar-refractivity contribution < 1.29 is 9.59 Å².